The molecule has 0 radical (unpaired) electrons. The minimum absolute atomic E-state index is 0.134. The van der Waals surface area contributed by atoms with Crippen LogP contribution in [0.4, 0.5) is 0 Å². The summed E-state index contributed by atoms with van der Waals surface area (Å²) in [6.07, 6.45) is 5.64. The molecule has 0 amide bonds. The van der Waals surface area contributed by atoms with Gasteiger partial charge in [0, 0.05) is 0 Å². The second-order valence-corrected chi connectivity index (χ2v) is 4.75. The van der Waals surface area contributed by atoms with E-state index in [0.717, 1.165) is 17.9 Å². The Bertz CT molecular complexity index is 166. The first-order valence-corrected chi connectivity index (χ1v) is 5.42. The molecule has 0 heterocycles. The molecule has 13 heavy (non-hydrogen) atoms. The second kappa shape index (κ2) is 4.80. The quantitative estimate of drug-likeness (QED) is 0.665. The van der Waals surface area contributed by atoms with Gasteiger partial charge >= 0.3 is 0 Å². The zero-order valence-corrected chi connectivity index (χ0v) is 8.92. The minimum Gasteiger partial charge on any atom is -0.393 e. The number of hydrogen-bond donors (Lipinski definition) is 1. The Hall–Kier alpha value is -0.300. The smallest absolute Gasteiger partial charge is 0.0605 e. The van der Waals surface area contributed by atoms with E-state index in [1.54, 1.807) is 0 Å². The first-order valence-electron chi connectivity index (χ1n) is 5.42. The van der Waals surface area contributed by atoms with Gasteiger partial charge in [0.25, 0.3) is 0 Å². The predicted molar refractivity (Wildman–Crippen MR) is 56.6 cm³/mol. The summed E-state index contributed by atoms with van der Waals surface area (Å²) in [5.74, 6) is 1.40. The molecule has 1 nitrogen and oxygen atoms in total. The van der Waals surface area contributed by atoms with Gasteiger partial charge in [0.05, 0.1) is 6.10 Å². The molecule has 1 aliphatic rings. The highest BCUT2D eigenvalue weighted by molar-refractivity contribution is 4.92. The molecular formula is C12H22O. The fraction of sp³-hybridized carbons (Fsp3) is 0.833. The monoisotopic (exact) mass is 182 g/mol. The molecule has 0 saturated heterocycles. The maximum atomic E-state index is 9.87. The highest BCUT2D eigenvalue weighted by Crippen LogP contribution is 2.31. The summed E-state index contributed by atoms with van der Waals surface area (Å²) in [5, 5.41) is 9.87. The van der Waals surface area contributed by atoms with E-state index >= 15 is 0 Å². The van der Waals surface area contributed by atoms with Crippen molar-refractivity contribution >= 4 is 0 Å². The summed E-state index contributed by atoms with van der Waals surface area (Å²) >= 11 is 0. The average Bonchev–Trinajstić information content (AvgIpc) is 2.04. The zero-order chi connectivity index (χ0) is 9.84. The van der Waals surface area contributed by atoms with E-state index in [4.69, 9.17) is 0 Å². The van der Waals surface area contributed by atoms with Gasteiger partial charge in [-0.15, -0.1) is 6.58 Å². The summed E-state index contributed by atoms with van der Waals surface area (Å²) in [5.41, 5.74) is 1.10. The molecule has 1 N–H and O–H groups in total. The average molecular weight is 182 g/mol. The number of aliphatic hydroxyl groups is 1. The Morgan fingerprint density at radius 3 is 2.38 bits per heavy atom. The van der Waals surface area contributed by atoms with Gasteiger partial charge in [-0.3, -0.25) is 0 Å². The van der Waals surface area contributed by atoms with Crippen LogP contribution in [-0.4, -0.2) is 11.2 Å². The first kappa shape index (κ1) is 10.8. The van der Waals surface area contributed by atoms with Gasteiger partial charge in [0.15, 0.2) is 0 Å². The molecule has 0 aromatic carbocycles. The Kier molecular flexibility index (Phi) is 3.98. The normalized spacial score (nSPS) is 31.3. The lowest BCUT2D eigenvalue weighted by atomic mass is 9.79. The van der Waals surface area contributed by atoms with Crippen molar-refractivity contribution in [3.63, 3.8) is 0 Å². The van der Waals surface area contributed by atoms with Gasteiger partial charge < -0.3 is 5.11 Å². The Labute approximate surface area is 81.9 Å². The molecule has 0 bridgehead atoms. The van der Waals surface area contributed by atoms with Crippen LogP contribution in [0.3, 0.4) is 0 Å². The number of rotatable bonds is 3. The molecule has 1 rings (SSSR count). The molecule has 0 aliphatic heterocycles. The summed E-state index contributed by atoms with van der Waals surface area (Å²) in [6.45, 7) is 8.15. The van der Waals surface area contributed by atoms with Gasteiger partial charge in [0.1, 0.15) is 0 Å². The van der Waals surface area contributed by atoms with Crippen LogP contribution in [0, 0.1) is 11.8 Å². The molecule has 1 unspecified atom stereocenters. The third kappa shape index (κ3) is 3.51. The van der Waals surface area contributed by atoms with Crippen LogP contribution in [0.5, 0.6) is 0 Å². The molecule has 0 aromatic rings. The van der Waals surface area contributed by atoms with E-state index in [9.17, 15) is 5.11 Å². The van der Waals surface area contributed by atoms with Crippen molar-refractivity contribution in [2.75, 3.05) is 0 Å². The Morgan fingerprint density at radius 1 is 1.38 bits per heavy atom. The van der Waals surface area contributed by atoms with Crippen molar-refractivity contribution in [2.24, 2.45) is 11.8 Å². The summed E-state index contributed by atoms with van der Waals surface area (Å²) in [6, 6.07) is 0. The van der Waals surface area contributed by atoms with Gasteiger partial charge in [-0.25, -0.2) is 0 Å². The summed E-state index contributed by atoms with van der Waals surface area (Å²) in [4.78, 5) is 0. The van der Waals surface area contributed by atoms with Gasteiger partial charge in [-0.05, 0) is 38.0 Å². The van der Waals surface area contributed by atoms with Crippen LogP contribution in [0.25, 0.3) is 0 Å². The van der Waals surface area contributed by atoms with Crippen LogP contribution < -0.4 is 0 Å². The van der Waals surface area contributed by atoms with Crippen molar-refractivity contribution < 1.29 is 5.11 Å². The highest BCUT2D eigenvalue weighted by atomic mass is 16.3. The number of aliphatic hydroxyl groups excluding tert-OH is 1. The Morgan fingerprint density at radius 2 is 1.92 bits per heavy atom. The van der Waals surface area contributed by atoms with Crippen LogP contribution in [0.15, 0.2) is 12.2 Å². The molecule has 76 valence electrons. The number of hydrogen-bond acceptors (Lipinski definition) is 1. The second-order valence-electron chi connectivity index (χ2n) is 4.75. The predicted octanol–water partition coefficient (Wildman–Crippen LogP) is 3.14. The van der Waals surface area contributed by atoms with Crippen molar-refractivity contribution in [1.29, 1.82) is 0 Å². The molecule has 1 heteroatoms. The third-order valence-corrected chi connectivity index (χ3v) is 3.16. The molecule has 1 aliphatic carbocycles. The third-order valence-electron chi connectivity index (χ3n) is 3.16. The van der Waals surface area contributed by atoms with Gasteiger partial charge in [-0.2, -0.15) is 0 Å². The minimum atomic E-state index is -0.134. The lowest BCUT2D eigenvalue weighted by Crippen LogP contribution is -2.25. The molecular weight excluding hydrogens is 160 g/mol. The molecule has 1 atom stereocenters. The van der Waals surface area contributed by atoms with Crippen molar-refractivity contribution in [1.82, 2.24) is 0 Å². The van der Waals surface area contributed by atoms with Crippen LogP contribution >= 0.6 is 0 Å². The lowest BCUT2D eigenvalue weighted by molar-refractivity contribution is 0.0762. The molecule has 0 aromatic heterocycles. The van der Waals surface area contributed by atoms with Crippen molar-refractivity contribution in [3.05, 3.63) is 12.2 Å². The van der Waals surface area contributed by atoms with E-state index in [-0.39, 0.29) is 6.10 Å². The van der Waals surface area contributed by atoms with Gasteiger partial charge in [0.2, 0.25) is 0 Å². The highest BCUT2D eigenvalue weighted by Gasteiger charge is 2.24. The van der Waals surface area contributed by atoms with E-state index in [1.807, 2.05) is 6.92 Å². The molecule has 0 spiro atoms. The van der Waals surface area contributed by atoms with E-state index in [2.05, 4.69) is 13.5 Å². The van der Waals surface area contributed by atoms with Crippen LogP contribution in [0.1, 0.15) is 46.0 Å². The van der Waals surface area contributed by atoms with Crippen molar-refractivity contribution in [2.45, 2.75) is 52.1 Å². The summed E-state index contributed by atoms with van der Waals surface area (Å²) < 4.78 is 0. The van der Waals surface area contributed by atoms with Crippen molar-refractivity contribution in [3.8, 4) is 0 Å². The zero-order valence-electron chi connectivity index (χ0n) is 8.92. The molecule has 1 saturated carbocycles. The largest absolute Gasteiger partial charge is 0.393 e. The van der Waals surface area contributed by atoms with Gasteiger partial charge in [-0.1, -0.05) is 25.3 Å². The standard InChI is InChI=1S/C12H22O/c1-9(2)8-12(13)11-6-4-10(3)5-7-11/h10-13H,1,4-8H2,2-3H3. The summed E-state index contributed by atoms with van der Waals surface area (Å²) in [7, 11) is 0. The topological polar surface area (TPSA) is 20.2 Å². The van der Waals surface area contributed by atoms with E-state index in [1.165, 1.54) is 25.7 Å². The van der Waals surface area contributed by atoms with E-state index in [0.29, 0.717) is 5.92 Å². The van der Waals surface area contributed by atoms with E-state index < -0.39 is 0 Å². The first-order chi connectivity index (χ1) is 6.09. The maximum absolute atomic E-state index is 9.87. The SMILES string of the molecule is C=C(C)CC(O)C1CCC(C)CC1. The molecule has 1 fully saturated rings. The lowest BCUT2D eigenvalue weighted by Gasteiger charge is -2.29. The Balaban J connectivity index is 2.31. The van der Waals surface area contributed by atoms with Crippen LogP contribution in [-0.2, 0) is 0 Å². The maximum Gasteiger partial charge on any atom is 0.0605 e. The fourth-order valence-electron chi connectivity index (χ4n) is 2.19. The fourth-order valence-corrected chi connectivity index (χ4v) is 2.19. The van der Waals surface area contributed by atoms with Crippen LogP contribution in [0.2, 0.25) is 0 Å².